The summed E-state index contributed by atoms with van der Waals surface area (Å²) < 4.78 is 11.5. The van der Waals surface area contributed by atoms with Gasteiger partial charge in [-0.15, -0.1) is 0 Å². The van der Waals surface area contributed by atoms with Gasteiger partial charge in [0, 0.05) is 11.9 Å². The molecule has 0 bridgehead atoms. The molecule has 1 aliphatic rings. The van der Waals surface area contributed by atoms with E-state index in [0.29, 0.717) is 5.11 Å². The minimum atomic E-state index is -0.126. The summed E-state index contributed by atoms with van der Waals surface area (Å²) in [4.78, 5) is 6.60. The molecule has 2 atom stereocenters. The summed E-state index contributed by atoms with van der Waals surface area (Å²) in [7, 11) is 0. The summed E-state index contributed by atoms with van der Waals surface area (Å²) in [6, 6.07) is 17.5. The Balaban J connectivity index is 1.71. The summed E-state index contributed by atoms with van der Waals surface area (Å²) in [6.07, 6.45) is 3.61. The summed E-state index contributed by atoms with van der Waals surface area (Å²) in [5, 5.41) is 4.05. The topological polar surface area (TPSA) is 50.5 Å². The number of nitrogens with zero attached hydrogens (tertiary/aromatic N) is 2. The number of hydrogen-bond acceptors (Lipinski definition) is 4. The number of hydrogen-bond donors (Lipinski definition) is 1. The molecule has 0 amide bonds. The highest BCUT2D eigenvalue weighted by molar-refractivity contribution is 7.80. The minimum absolute atomic E-state index is 0.101. The molecule has 5 nitrogen and oxygen atoms in total. The van der Waals surface area contributed by atoms with Gasteiger partial charge in [0.05, 0.1) is 24.1 Å². The van der Waals surface area contributed by atoms with Crippen LogP contribution in [0.2, 0.25) is 0 Å². The first-order valence-electron chi connectivity index (χ1n) is 8.94. The first-order valence-corrected chi connectivity index (χ1v) is 9.35. The molecule has 1 aliphatic heterocycles. The van der Waals surface area contributed by atoms with Crippen molar-refractivity contribution < 1.29 is 9.15 Å². The van der Waals surface area contributed by atoms with E-state index < -0.39 is 0 Å². The van der Waals surface area contributed by atoms with E-state index >= 15 is 0 Å². The second-order valence-electron chi connectivity index (χ2n) is 6.67. The van der Waals surface area contributed by atoms with Gasteiger partial charge in [0.1, 0.15) is 17.6 Å². The van der Waals surface area contributed by atoms with Gasteiger partial charge < -0.3 is 19.4 Å². The molecule has 138 valence electrons. The molecule has 1 fully saturated rings. The van der Waals surface area contributed by atoms with E-state index in [1.165, 1.54) is 0 Å². The van der Waals surface area contributed by atoms with Gasteiger partial charge in [-0.25, -0.2) is 0 Å². The zero-order valence-corrected chi connectivity index (χ0v) is 16.0. The van der Waals surface area contributed by atoms with Gasteiger partial charge in [-0.3, -0.25) is 4.98 Å². The quantitative estimate of drug-likeness (QED) is 0.652. The lowest BCUT2D eigenvalue weighted by Crippen LogP contribution is -2.29. The molecule has 0 spiro atoms. The zero-order valence-electron chi connectivity index (χ0n) is 15.2. The molecule has 0 saturated carbocycles. The van der Waals surface area contributed by atoms with Gasteiger partial charge in [-0.1, -0.05) is 6.07 Å². The van der Waals surface area contributed by atoms with E-state index in [4.69, 9.17) is 21.4 Å². The van der Waals surface area contributed by atoms with Crippen LogP contribution < -0.4 is 15.0 Å². The maximum Gasteiger partial charge on any atom is 0.174 e. The lowest BCUT2D eigenvalue weighted by molar-refractivity contribution is 0.242. The number of ether oxygens (including phenoxy) is 1. The monoisotopic (exact) mass is 379 g/mol. The largest absolute Gasteiger partial charge is 0.491 e. The molecular weight excluding hydrogens is 358 g/mol. The molecule has 6 heteroatoms. The molecule has 0 unspecified atom stereocenters. The van der Waals surface area contributed by atoms with Gasteiger partial charge in [0.2, 0.25) is 0 Å². The fourth-order valence-electron chi connectivity index (χ4n) is 3.34. The van der Waals surface area contributed by atoms with Crippen LogP contribution in [0.1, 0.15) is 37.4 Å². The van der Waals surface area contributed by atoms with E-state index in [0.717, 1.165) is 22.9 Å². The van der Waals surface area contributed by atoms with Crippen molar-refractivity contribution in [3.8, 4) is 5.75 Å². The first-order chi connectivity index (χ1) is 13.1. The number of aromatic nitrogens is 1. The average Bonchev–Trinajstić information content (AvgIpc) is 3.30. The van der Waals surface area contributed by atoms with Crippen molar-refractivity contribution >= 4 is 23.0 Å². The standard InChI is InChI=1S/C21H21N3O2S/c1-14(2)26-16-10-8-15(9-11-16)24-20(18-7-5-13-25-18)19(23-21(24)27)17-6-3-4-12-22-17/h3-14,19-20H,1-2H3,(H,23,27)/t19-,20+/m1/s1. The molecule has 27 heavy (non-hydrogen) atoms. The number of pyridine rings is 1. The Kier molecular flexibility index (Phi) is 4.81. The minimum Gasteiger partial charge on any atom is -0.491 e. The fourth-order valence-corrected chi connectivity index (χ4v) is 3.68. The van der Waals surface area contributed by atoms with Crippen LogP contribution >= 0.6 is 12.2 Å². The summed E-state index contributed by atoms with van der Waals surface area (Å²) in [5.74, 6) is 1.67. The highest BCUT2D eigenvalue weighted by Crippen LogP contribution is 2.41. The Morgan fingerprint density at radius 3 is 2.56 bits per heavy atom. The highest BCUT2D eigenvalue weighted by Gasteiger charge is 2.42. The van der Waals surface area contributed by atoms with Crippen LogP contribution in [-0.2, 0) is 0 Å². The molecule has 4 rings (SSSR count). The summed E-state index contributed by atoms with van der Waals surface area (Å²) in [5.41, 5.74) is 1.90. The Morgan fingerprint density at radius 2 is 1.93 bits per heavy atom. The molecule has 1 saturated heterocycles. The third-order valence-electron chi connectivity index (χ3n) is 4.42. The Labute approximate surface area is 164 Å². The van der Waals surface area contributed by atoms with Crippen molar-refractivity contribution in [2.24, 2.45) is 0 Å². The average molecular weight is 379 g/mol. The van der Waals surface area contributed by atoms with Gasteiger partial charge in [0.25, 0.3) is 0 Å². The molecule has 3 aromatic rings. The first kappa shape index (κ1) is 17.5. The predicted octanol–water partition coefficient (Wildman–Crippen LogP) is 4.64. The van der Waals surface area contributed by atoms with E-state index in [9.17, 15) is 0 Å². The van der Waals surface area contributed by atoms with Crippen LogP contribution in [0.15, 0.2) is 71.5 Å². The van der Waals surface area contributed by atoms with Crippen molar-refractivity contribution in [1.82, 2.24) is 10.3 Å². The number of nitrogens with one attached hydrogen (secondary N) is 1. The van der Waals surface area contributed by atoms with Crippen LogP contribution in [0.3, 0.4) is 0 Å². The molecule has 0 radical (unpaired) electrons. The molecule has 2 aromatic heterocycles. The third kappa shape index (κ3) is 3.53. The van der Waals surface area contributed by atoms with Crippen LogP contribution in [0.25, 0.3) is 0 Å². The Bertz CT molecular complexity index is 895. The maximum atomic E-state index is 5.75. The third-order valence-corrected chi connectivity index (χ3v) is 4.73. The van der Waals surface area contributed by atoms with E-state index in [2.05, 4.69) is 15.2 Å². The summed E-state index contributed by atoms with van der Waals surface area (Å²) >= 11 is 5.67. The van der Waals surface area contributed by atoms with Crippen molar-refractivity contribution in [2.75, 3.05) is 4.90 Å². The van der Waals surface area contributed by atoms with Gasteiger partial charge in [-0.2, -0.15) is 0 Å². The van der Waals surface area contributed by atoms with Crippen molar-refractivity contribution in [1.29, 1.82) is 0 Å². The Morgan fingerprint density at radius 1 is 1.11 bits per heavy atom. The fraction of sp³-hybridized carbons (Fsp3) is 0.238. The van der Waals surface area contributed by atoms with Crippen LogP contribution in [-0.4, -0.2) is 16.2 Å². The van der Waals surface area contributed by atoms with Crippen molar-refractivity contribution in [3.63, 3.8) is 0 Å². The van der Waals surface area contributed by atoms with Crippen molar-refractivity contribution in [2.45, 2.75) is 32.0 Å². The van der Waals surface area contributed by atoms with E-state index in [-0.39, 0.29) is 18.2 Å². The highest BCUT2D eigenvalue weighted by atomic mass is 32.1. The maximum absolute atomic E-state index is 5.75. The summed E-state index contributed by atoms with van der Waals surface area (Å²) in [6.45, 7) is 4.02. The molecule has 1 aromatic carbocycles. The Hall–Kier alpha value is -2.86. The van der Waals surface area contributed by atoms with Gasteiger partial charge in [0.15, 0.2) is 5.11 Å². The number of thiocarbonyl (C=S) groups is 1. The van der Waals surface area contributed by atoms with Gasteiger partial charge >= 0.3 is 0 Å². The lowest BCUT2D eigenvalue weighted by atomic mass is 10.0. The molecule has 0 aliphatic carbocycles. The lowest BCUT2D eigenvalue weighted by Gasteiger charge is -2.26. The molecule has 3 heterocycles. The smallest absolute Gasteiger partial charge is 0.174 e. The van der Waals surface area contributed by atoms with Crippen LogP contribution in [0.4, 0.5) is 5.69 Å². The normalized spacial score (nSPS) is 19.4. The SMILES string of the molecule is CC(C)Oc1ccc(N2C(=S)N[C@H](c3ccccn3)[C@@H]2c2ccco2)cc1. The second kappa shape index (κ2) is 7.40. The van der Waals surface area contributed by atoms with E-state index in [1.54, 1.807) is 12.5 Å². The second-order valence-corrected chi connectivity index (χ2v) is 7.06. The molecule has 1 N–H and O–H groups in total. The predicted molar refractivity (Wildman–Crippen MR) is 109 cm³/mol. The van der Waals surface area contributed by atoms with Crippen LogP contribution in [0, 0.1) is 0 Å². The zero-order chi connectivity index (χ0) is 18.8. The number of rotatable bonds is 5. The van der Waals surface area contributed by atoms with Crippen LogP contribution in [0.5, 0.6) is 5.75 Å². The van der Waals surface area contributed by atoms with Gasteiger partial charge in [-0.05, 0) is 74.6 Å². The van der Waals surface area contributed by atoms with E-state index in [1.807, 2.05) is 68.4 Å². The molecular formula is C21H21N3O2S. The number of anilines is 1. The number of benzene rings is 1. The number of furan rings is 1. The van der Waals surface area contributed by atoms with Crippen molar-refractivity contribution in [3.05, 3.63) is 78.5 Å².